The Morgan fingerprint density at radius 3 is 2.22 bits per heavy atom. The van der Waals surface area contributed by atoms with Crippen LogP contribution in [0.25, 0.3) is 0 Å². The van der Waals surface area contributed by atoms with Crippen molar-refractivity contribution in [1.82, 2.24) is 5.43 Å². The number of anilines is 1. The fourth-order valence-corrected chi connectivity index (χ4v) is 3.14. The summed E-state index contributed by atoms with van der Waals surface area (Å²) in [5.41, 5.74) is 4.52. The summed E-state index contributed by atoms with van der Waals surface area (Å²) in [6.07, 6.45) is 1.52. The molecular formula is C23H20BrN3O4S. The first-order valence-electron chi connectivity index (χ1n) is 9.38. The molecular weight excluding hydrogens is 494 g/mol. The summed E-state index contributed by atoms with van der Waals surface area (Å²) in [6, 6.07) is 19.2. The lowest BCUT2D eigenvalue weighted by atomic mass is 10.2. The number of ether oxygens (including phenoxy) is 3. The number of rotatable bonds is 7. The molecule has 0 aliphatic heterocycles. The summed E-state index contributed by atoms with van der Waals surface area (Å²) >= 11 is 8.67. The van der Waals surface area contributed by atoms with Gasteiger partial charge in [-0.1, -0.05) is 15.9 Å². The second-order valence-electron chi connectivity index (χ2n) is 6.35. The molecule has 0 heterocycles. The van der Waals surface area contributed by atoms with Crippen LogP contribution in [0.1, 0.15) is 15.9 Å². The lowest BCUT2D eigenvalue weighted by Crippen LogP contribution is -2.23. The lowest BCUT2D eigenvalue weighted by molar-refractivity contribution is 0.0734. The molecule has 0 atom stereocenters. The van der Waals surface area contributed by atoms with Crippen molar-refractivity contribution < 1.29 is 19.0 Å². The molecule has 0 saturated heterocycles. The molecule has 9 heteroatoms. The Bertz CT molecular complexity index is 1120. The molecule has 0 spiro atoms. The van der Waals surface area contributed by atoms with Crippen molar-refractivity contribution in [2.45, 2.75) is 0 Å². The molecule has 2 N–H and O–H groups in total. The van der Waals surface area contributed by atoms with Gasteiger partial charge >= 0.3 is 5.97 Å². The molecule has 0 amide bonds. The van der Waals surface area contributed by atoms with E-state index in [1.165, 1.54) is 6.21 Å². The molecule has 3 aromatic rings. The molecule has 0 aliphatic carbocycles. The summed E-state index contributed by atoms with van der Waals surface area (Å²) in [5.74, 6) is 1.27. The molecule has 0 saturated carbocycles. The van der Waals surface area contributed by atoms with Gasteiger partial charge in [0.1, 0.15) is 17.2 Å². The average Bonchev–Trinajstić information content (AvgIpc) is 2.81. The predicted molar refractivity (Wildman–Crippen MR) is 132 cm³/mol. The number of nitrogens with one attached hydrogen (secondary N) is 2. The van der Waals surface area contributed by atoms with Crippen LogP contribution in [-0.2, 0) is 0 Å². The third-order valence-electron chi connectivity index (χ3n) is 4.22. The standard InChI is InChI=1S/C23H20BrN3O4S/c1-29-19-8-3-15(4-9-19)22(28)31-21-12-5-17(24)13-16(21)14-25-27-23(32)26-18-6-10-20(30-2)11-7-18/h3-14H,1-2H3,(H2,26,27,32)/b25-14-. The number of halogens is 1. The number of nitrogens with zero attached hydrogens (tertiary/aromatic N) is 1. The topological polar surface area (TPSA) is 81.2 Å². The maximum absolute atomic E-state index is 12.5. The highest BCUT2D eigenvalue weighted by molar-refractivity contribution is 9.10. The van der Waals surface area contributed by atoms with Gasteiger partial charge in [0.15, 0.2) is 5.11 Å². The molecule has 32 heavy (non-hydrogen) atoms. The maximum Gasteiger partial charge on any atom is 0.343 e. The Labute approximate surface area is 199 Å². The van der Waals surface area contributed by atoms with E-state index in [9.17, 15) is 4.79 Å². The number of hydrogen-bond donors (Lipinski definition) is 2. The van der Waals surface area contributed by atoms with E-state index in [2.05, 4.69) is 31.8 Å². The van der Waals surface area contributed by atoms with Gasteiger partial charge in [-0.25, -0.2) is 4.79 Å². The van der Waals surface area contributed by atoms with Gasteiger partial charge in [0.05, 0.1) is 26.0 Å². The number of carbonyl (C=O) groups excluding carboxylic acids is 1. The van der Waals surface area contributed by atoms with E-state index in [0.29, 0.717) is 27.7 Å². The molecule has 0 bridgehead atoms. The van der Waals surface area contributed by atoms with Crippen molar-refractivity contribution in [3.63, 3.8) is 0 Å². The van der Waals surface area contributed by atoms with Crippen molar-refractivity contribution in [2.75, 3.05) is 19.5 Å². The number of hydrogen-bond acceptors (Lipinski definition) is 6. The minimum absolute atomic E-state index is 0.304. The molecule has 164 valence electrons. The Morgan fingerprint density at radius 2 is 1.59 bits per heavy atom. The Hall–Kier alpha value is -3.43. The zero-order valence-corrected chi connectivity index (χ0v) is 19.7. The van der Waals surface area contributed by atoms with Gasteiger partial charge in [-0.2, -0.15) is 5.10 Å². The fourth-order valence-electron chi connectivity index (χ4n) is 2.59. The second kappa shape index (κ2) is 11.3. The third kappa shape index (κ3) is 6.53. The largest absolute Gasteiger partial charge is 0.497 e. The molecule has 7 nitrogen and oxygen atoms in total. The van der Waals surface area contributed by atoms with Crippen LogP contribution in [0.4, 0.5) is 5.69 Å². The van der Waals surface area contributed by atoms with E-state index in [4.69, 9.17) is 26.4 Å². The summed E-state index contributed by atoms with van der Waals surface area (Å²) in [6.45, 7) is 0. The van der Waals surface area contributed by atoms with Crippen molar-refractivity contribution in [3.8, 4) is 17.2 Å². The first kappa shape index (κ1) is 23.2. The molecule has 0 aromatic heterocycles. The van der Waals surface area contributed by atoms with E-state index < -0.39 is 5.97 Å². The zero-order chi connectivity index (χ0) is 22.9. The van der Waals surface area contributed by atoms with Crippen molar-refractivity contribution >= 4 is 51.1 Å². The van der Waals surface area contributed by atoms with Gasteiger partial charge in [-0.05, 0) is 78.9 Å². The van der Waals surface area contributed by atoms with Gasteiger partial charge in [-0.3, -0.25) is 5.43 Å². The number of benzene rings is 3. The van der Waals surface area contributed by atoms with Crippen LogP contribution in [0.2, 0.25) is 0 Å². The second-order valence-corrected chi connectivity index (χ2v) is 7.68. The summed E-state index contributed by atoms with van der Waals surface area (Å²) in [7, 11) is 3.17. The Morgan fingerprint density at radius 1 is 0.969 bits per heavy atom. The lowest BCUT2D eigenvalue weighted by Gasteiger charge is -2.09. The quantitative estimate of drug-likeness (QED) is 0.151. The summed E-state index contributed by atoms with van der Waals surface area (Å²) in [4.78, 5) is 12.5. The summed E-state index contributed by atoms with van der Waals surface area (Å²) < 4.78 is 16.6. The van der Waals surface area contributed by atoms with Gasteiger partial charge in [0, 0.05) is 15.7 Å². The van der Waals surface area contributed by atoms with Crippen LogP contribution in [0, 0.1) is 0 Å². The van der Waals surface area contributed by atoms with Crippen LogP contribution in [0.3, 0.4) is 0 Å². The average molecular weight is 514 g/mol. The highest BCUT2D eigenvalue weighted by atomic mass is 79.9. The van der Waals surface area contributed by atoms with Crippen molar-refractivity contribution in [1.29, 1.82) is 0 Å². The molecule has 0 fully saturated rings. The number of methoxy groups -OCH3 is 2. The molecule has 3 aromatic carbocycles. The first-order chi connectivity index (χ1) is 15.5. The Kier molecular flexibility index (Phi) is 8.18. The highest BCUT2D eigenvalue weighted by Gasteiger charge is 2.12. The van der Waals surface area contributed by atoms with E-state index >= 15 is 0 Å². The maximum atomic E-state index is 12.5. The number of hydrazone groups is 1. The van der Waals surface area contributed by atoms with Gasteiger partial charge in [0.2, 0.25) is 0 Å². The van der Waals surface area contributed by atoms with Crippen molar-refractivity contribution in [2.24, 2.45) is 5.10 Å². The first-order valence-corrected chi connectivity index (χ1v) is 10.6. The van der Waals surface area contributed by atoms with Gasteiger partial charge < -0.3 is 19.5 Å². The molecule has 3 rings (SSSR count). The highest BCUT2D eigenvalue weighted by Crippen LogP contribution is 2.23. The van der Waals surface area contributed by atoms with E-state index in [1.807, 2.05) is 24.3 Å². The number of thiocarbonyl (C=S) groups is 1. The third-order valence-corrected chi connectivity index (χ3v) is 4.90. The van der Waals surface area contributed by atoms with Crippen molar-refractivity contribution in [3.05, 3.63) is 82.3 Å². The van der Waals surface area contributed by atoms with Crippen LogP contribution in [0.5, 0.6) is 17.2 Å². The fraction of sp³-hybridized carbons (Fsp3) is 0.0870. The van der Waals surface area contributed by atoms with Crippen LogP contribution in [-0.4, -0.2) is 31.5 Å². The van der Waals surface area contributed by atoms with Crippen LogP contribution in [0.15, 0.2) is 76.3 Å². The smallest absolute Gasteiger partial charge is 0.343 e. The van der Waals surface area contributed by atoms with E-state index in [1.54, 1.807) is 56.7 Å². The van der Waals surface area contributed by atoms with Gasteiger partial charge in [-0.15, -0.1) is 0 Å². The van der Waals surface area contributed by atoms with E-state index in [-0.39, 0.29) is 0 Å². The SMILES string of the molecule is COc1ccc(NC(=S)N/N=C\c2cc(Br)ccc2OC(=O)c2ccc(OC)cc2)cc1. The minimum Gasteiger partial charge on any atom is -0.497 e. The summed E-state index contributed by atoms with van der Waals surface area (Å²) in [5, 5.41) is 7.46. The van der Waals surface area contributed by atoms with Gasteiger partial charge in [0.25, 0.3) is 0 Å². The van der Waals surface area contributed by atoms with Crippen LogP contribution >= 0.6 is 28.1 Å². The van der Waals surface area contributed by atoms with E-state index in [0.717, 1.165) is 15.9 Å². The molecule has 0 unspecified atom stereocenters. The number of carbonyl (C=O) groups is 1. The monoisotopic (exact) mass is 513 g/mol. The van der Waals surface area contributed by atoms with Crippen LogP contribution < -0.4 is 25.0 Å². The normalized spacial score (nSPS) is 10.5. The Balaban J connectivity index is 1.65. The molecule has 0 aliphatic rings. The number of esters is 1. The zero-order valence-electron chi connectivity index (χ0n) is 17.3. The minimum atomic E-state index is -0.491. The molecule has 0 radical (unpaired) electrons. The predicted octanol–water partition coefficient (Wildman–Crippen LogP) is 5.01.